The molecule has 0 fully saturated rings. The first kappa shape index (κ1) is 13.8. The van der Waals surface area contributed by atoms with Gasteiger partial charge in [-0.1, -0.05) is 13.0 Å². The maximum absolute atomic E-state index is 11.4. The zero-order chi connectivity index (χ0) is 13.8. The van der Waals surface area contributed by atoms with E-state index in [9.17, 15) is 4.79 Å². The summed E-state index contributed by atoms with van der Waals surface area (Å²) in [5.41, 5.74) is 1.92. The number of ether oxygens (including phenoxy) is 1. The summed E-state index contributed by atoms with van der Waals surface area (Å²) in [7, 11) is 4.10. The zero-order valence-electron chi connectivity index (χ0n) is 11.7. The van der Waals surface area contributed by atoms with Gasteiger partial charge in [0.2, 0.25) is 0 Å². The summed E-state index contributed by atoms with van der Waals surface area (Å²) >= 11 is 0. The number of nitrogens with one attached hydrogen (secondary N) is 2. The summed E-state index contributed by atoms with van der Waals surface area (Å²) < 4.78 is 5.37. The van der Waals surface area contributed by atoms with E-state index < -0.39 is 0 Å². The van der Waals surface area contributed by atoms with E-state index in [-0.39, 0.29) is 18.6 Å². The van der Waals surface area contributed by atoms with Crippen molar-refractivity contribution >= 4 is 11.6 Å². The number of rotatable bonds is 5. The number of benzene rings is 1. The van der Waals surface area contributed by atoms with E-state index in [0.29, 0.717) is 0 Å². The lowest BCUT2D eigenvalue weighted by molar-refractivity contribution is -0.118. The van der Waals surface area contributed by atoms with Crippen molar-refractivity contribution < 1.29 is 9.53 Å². The van der Waals surface area contributed by atoms with Crippen LogP contribution in [0.2, 0.25) is 0 Å². The molecule has 0 saturated carbocycles. The van der Waals surface area contributed by atoms with Gasteiger partial charge in [0.1, 0.15) is 5.75 Å². The minimum Gasteiger partial charge on any atom is -0.482 e. The van der Waals surface area contributed by atoms with Gasteiger partial charge in [0, 0.05) is 12.6 Å². The molecule has 2 rings (SSSR count). The average Bonchev–Trinajstić information content (AvgIpc) is 2.38. The first-order valence-corrected chi connectivity index (χ1v) is 6.55. The van der Waals surface area contributed by atoms with Crippen molar-refractivity contribution in [2.45, 2.75) is 13.0 Å². The molecule has 0 bridgehead atoms. The number of carbonyl (C=O) groups excluding carboxylic acids is 1. The molecule has 1 aliphatic heterocycles. The Kier molecular flexibility index (Phi) is 4.39. The van der Waals surface area contributed by atoms with Crippen molar-refractivity contribution in [3.05, 3.63) is 23.8 Å². The number of nitrogens with zero attached hydrogens (tertiary/aromatic N) is 1. The van der Waals surface area contributed by atoms with Gasteiger partial charge in [-0.25, -0.2) is 0 Å². The Morgan fingerprint density at radius 3 is 2.95 bits per heavy atom. The normalized spacial score (nSPS) is 15.7. The molecule has 1 heterocycles. The summed E-state index contributed by atoms with van der Waals surface area (Å²) in [5.74, 6) is 0.641. The monoisotopic (exact) mass is 263 g/mol. The Balaban J connectivity index is 2.23. The molecule has 0 radical (unpaired) electrons. The standard InChI is InChI=1S/C14H21N3O2/c1-4-15-8-12(17(2)3)10-5-6-13-11(7-10)16-14(18)9-19-13/h5-7,12,15H,4,8-9H2,1-3H3,(H,16,18). The molecule has 1 aliphatic rings. The second-order valence-electron chi connectivity index (χ2n) is 4.88. The van der Waals surface area contributed by atoms with Crippen LogP contribution in [-0.2, 0) is 4.79 Å². The van der Waals surface area contributed by atoms with Gasteiger partial charge in [-0.05, 0) is 38.3 Å². The van der Waals surface area contributed by atoms with Crippen molar-refractivity contribution in [1.29, 1.82) is 0 Å². The van der Waals surface area contributed by atoms with Crippen LogP contribution in [0, 0.1) is 0 Å². The van der Waals surface area contributed by atoms with E-state index in [0.717, 1.165) is 30.1 Å². The van der Waals surface area contributed by atoms with Crippen LogP contribution in [0.15, 0.2) is 18.2 Å². The summed E-state index contributed by atoms with van der Waals surface area (Å²) in [6.45, 7) is 4.00. The van der Waals surface area contributed by atoms with Crippen molar-refractivity contribution in [1.82, 2.24) is 10.2 Å². The largest absolute Gasteiger partial charge is 0.482 e. The van der Waals surface area contributed by atoms with Crippen molar-refractivity contribution in [2.75, 3.05) is 39.1 Å². The lowest BCUT2D eigenvalue weighted by atomic mass is 10.0. The van der Waals surface area contributed by atoms with E-state index >= 15 is 0 Å². The average molecular weight is 263 g/mol. The van der Waals surface area contributed by atoms with Crippen LogP contribution >= 0.6 is 0 Å². The first-order chi connectivity index (χ1) is 9.11. The summed E-state index contributed by atoms with van der Waals surface area (Å²) in [5, 5.41) is 6.20. The molecule has 5 nitrogen and oxygen atoms in total. The molecule has 1 aromatic carbocycles. The molecule has 0 saturated heterocycles. The summed E-state index contributed by atoms with van der Waals surface area (Å²) in [6.07, 6.45) is 0. The minimum absolute atomic E-state index is 0.0981. The van der Waals surface area contributed by atoms with Crippen LogP contribution in [0.25, 0.3) is 0 Å². The molecule has 1 atom stereocenters. The number of fused-ring (bicyclic) bond motifs is 1. The molecule has 1 aromatic rings. The van der Waals surface area contributed by atoms with Crippen LogP contribution < -0.4 is 15.4 Å². The van der Waals surface area contributed by atoms with E-state index in [1.807, 2.05) is 12.1 Å². The predicted molar refractivity (Wildman–Crippen MR) is 75.5 cm³/mol. The van der Waals surface area contributed by atoms with E-state index in [1.54, 1.807) is 0 Å². The van der Waals surface area contributed by atoms with Gasteiger partial charge in [0.25, 0.3) is 5.91 Å². The van der Waals surface area contributed by atoms with E-state index in [2.05, 4.69) is 42.6 Å². The molecule has 104 valence electrons. The summed E-state index contributed by atoms with van der Waals surface area (Å²) in [6, 6.07) is 6.24. The Hall–Kier alpha value is -1.59. The molecule has 0 aromatic heterocycles. The Labute approximate surface area is 113 Å². The first-order valence-electron chi connectivity index (χ1n) is 6.55. The number of carbonyl (C=O) groups is 1. The van der Waals surface area contributed by atoms with E-state index in [4.69, 9.17) is 4.74 Å². The summed E-state index contributed by atoms with van der Waals surface area (Å²) in [4.78, 5) is 13.5. The van der Waals surface area contributed by atoms with Crippen LogP contribution in [0.1, 0.15) is 18.5 Å². The van der Waals surface area contributed by atoms with Gasteiger partial charge >= 0.3 is 0 Å². The fourth-order valence-corrected chi connectivity index (χ4v) is 2.19. The molecule has 2 N–H and O–H groups in total. The highest BCUT2D eigenvalue weighted by atomic mass is 16.5. The number of likely N-dealkylation sites (N-methyl/N-ethyl adjacent to an activating group) is 2. The molecule has 1 amide bonds. The molecule has 5 heteroatoms. The molecule has 0 spiro atoms. The second-order valence-corrected chi connectivity index (χ2v) is 4.88. The SMILES string of the molecule is CCNCC(c1ccc2c(c1)NC(=O)CO2)N(C)C. The highest BCUT2D eigenvalue weighted by Gasteiger charge is 2.19. The van der Waals surface area contributed by atoms with Crippen molar-refractivity contribution in [3.63, 3.8) is 0 Å². The Morgan fingerprint density at radius 2 is 2.26 bits per heavy atom. The highest BCUT2D eigenvalue weighted by Crippen LogP contribution is 2.31. The van der Waals surface area contributed by atoms with Gasteiger partial charge in [-0.2, -0.15) is 0 Å². The molecule has 1 unspecified atom stereocenters. The quantitative estimate of drug-likeness (QED) is 0.839. The van der Waals surface area contributed by atoms with Crippen LogP contribution in [0.4, 0.5) is 5.69 Å². The van der Waals surface area contributed by atoms with Gasteiger partial charge < -0.3 is 20.3 Å². The van der Waals surface area contributed by atoms with Gasteiger partial charge in [0.15, 0.2) is 6.61 Å². The number of anilines is 1. The van der Waals surface area contributed by atoms with Gasteiger partial charge in [-0.15, -0.1) is 0 Å². The van der Waals surface area contributed by atoms with E-state index in [1.165, 1.54) is 0 Å². The van der Waals surface area contributed by atoms with Crippen LogP contribution in [0.3, 0.4) is 0 Å². The Morgan fingerprint density at radius 1 is 1.47 bits per heavy atom. The molecular weight excluding hydrogens is 242 g/mol. The minimum atomic E-state index is -0.0993. The lowest BCUT2D eigenvalue weighted by Crippen LogP contribution is -2.31. The number of hydrogen-bond donors (Lipinski definition) is 2. The van der Waals surface area contributed by atoms with Gasteiger partial charge in [0.05, 0.1) is 5.69 Å². The molecule has 0 aliphatic carbocycles. The number of hydrogen-bond acceptors (Lipinski definition) is 4. The second kappa shape index (κ2) is 6.04. The van der Waals surface area contributed by atoms with Crippen LogP contribution in [0.5, 0.6) is 5.75 Å². The zero-order valence-corrected chi connectivity index (χ0v) is 11.7. The highest BCUT2D eigenvalue weighted by molar-refractivity contribution is 5.95. The van der Waals surface area contributed by atoms with Crippen LogP contribution in [-0.4, -0.2) is 44.6 Å². The fraction of sp³-hybridized carbons (Fsp3) is 0.500. The predicted octanol–water partition coefficient (Wildman–Crippen LogP) is 1.23. The third-order valence-electron chi connectivity index (χ3n) is 3.23. The van der Waals surface area contributed by atoms with Crippen molar-refractivity contribution in [3.8, 4) is 5.75 Å². The smallest absolute Gasteiger partial charge is 0.262 e. The number of amides is 1. The lowest BCUT2D eigenvalue weighted by Gasteiger charge is -2.27. The van der Waals surface area contributed by atoms with Gasteiger partial charge in [-0.3, -0.25) is 4.79 Å². The maximum atomic E-state index is 11.4. The molecular formula is C14H21N3O2. The fourth-order valence-electron chi connectivity index (χ4n) is 2.19. The third kappa shape index (κ3) is 3.24. The Bertz CT molecular complexity index is 460. The molecule has 19 heavy (non-hydrogen) atoms. The maximum Gasteiger partial charge on any atom is 0.262 e. The topological polar surface area (TPSA) is 53.6 Å². The third-order valence-corrected chi connectivity index (χ3v) is 3.23. The van der Waals surface area contributed by atoms with Crippen molar-refractivity contribution in [2.24, 2.45) is 0 Å².